The molecular weight excluding hydrogens is 337 g/mol. The molecule has 2 nitrogen and oxygen atoms in total. The van der Waals surface area contributed by atoms with Gasteiger partial charge in [0.05, 0.1) is 6.10 Å². The number of piperidine rings is 1. The van der Waals surface area contributed by atoms with Gasteiger partial charge in [-0.3, -0.25) is 4.90 Å². The van der Waals surface area contributed by atoms with E-state index in [0.29, 0.717) is 12.0 Å². The van der Waals surface area contributed by atoms with Gasteiger partial charge >= 0.3 is 0 Å². The SMILES string of the molecule is CN1[C@H]2CC[C@]1(C)[C@@H](O)[C@@H](c1ccc(I)cc1)C2. The van der Waals surface area contributed by atoms with Crippen LogP contribution >= 0.6 is 22.6 Å². The summed E-state index contributed by atoms with van der Waals surface area (Å²) >= 11 is 2.33. The van der Waals surface area contributed by atoms with E-state index in [-0.39, 0.29) is 11.6 Å². The van der Waals surface area contributed by atoms with Gasteiger partial charge in [0.1, 0.15) is 0 Å². The number of hydrogen-bond acceptors (Lipinski definition) is 2. The number of likely N-dealkylation sites (N-methyl/N-ethyl adjacent to an activating group) is 1. The van der Waals surface area contributed by atoms with Gasteiger partial charge in [0.15, 0.2) is 0 Å². The van der Waals surface area contributed by atoms with Crippen molar-refractivity contribution in [1.82, 2.24) is 4.90 Å². The summed E-state index contributed by atoms with van der Waals surface area (Å²) < 4.78 is 1.26. The Morgan fingerprint density at radius 3 is 2.67 bits per heavy atom. The average Bonchev–Trinajstić information content (AvgIpc) is 2.56. The minimum absolute atomic E-state index is 0.0312. The summed E-state index contributed by atoms with van der Waals surface area (Å²) in [6, 6.07) is 9.30. The third kappa shape index (κ3) is 1.82. The molecular formula is C15H20INO. The predicted octanol–water partition coefficient (Wildman–Crippen LogP) is 2.99. The first-order valence-electron chi connectivity index (χ1n) is 6.69. The molecule has 0 saturated carbocycles. The van der Waals surface area contributed by atoms with Gasteiger partial charge in [-0.1, -0.05) is 12.1 Å². The van der Waals surface area contributed by atoms with Crippen LogP contribution < -0.4 is 0 Å². The van der Waals surface area contributed by atoms with E-state index in [2.05, 4.69) is 65.7 Å². The molecule has 2 fully saturated rings. The number of aliphatic hydroxyl groups excluding tert-OH is 1. The number of benzene rings is 1. The zero-order valence-corrected chi connectivity index (χ0v) is 13.1. The fraction of sp³-hybridized carbons (Fsp3) is 0.600. The molecule has 1 aromatic rings. The van der Waals surface area contributed by atoms with Gasteiger partial charge < -0.3 is 5.11 Å². The first kappa shape index (κ1) is 12.9. The summed E-state index contributed by atoms with van der Waals surface area (Å²) in [6.45, 7) is 2.22. The monoisotopic (exact) mass is 357 g/mol. The highest BCUT2D eigenvalue weighted by molar-refractivity contribution is 14.1. The number of halogens is 1. The van der Waals surface area contributed by atoms with Crippen LogP contribution in [-0.2, 0) is 0 Å². The van der Waals surface area contributed by atoms with E-state index in [1.165, 1.54) is 15.6 Å². The molecule has 2 bridgehead atoms. The summed E-state index contributed by atoms with van der Waals surface area (Å²) in [5, 5.41) is 10.8. The van der Waals surface area contributed by atoms with Gasteiger partial charge in [0, 0.05) is 21.1 Å². The quantitative estimate of drug-likeness (QED) is 0.782. The zero-order chi connectivity index (χ0) is 12.9. The average molecular weight is 357 g/mol. The van der Waals surface area contributed by atoms with Crippen molar-refractivity contribution in [2.45, 2.75) is 49.8 Å². The van der Waals surface area contributed by atoms with E-state index < -0.39 is 0 Å². The second kappa shape index (κ2) is 4.46. The van der Waals surface area contributed by atoms with Crippen molar-refractivity contribution in [3.05, 3.63) is 33.4 Å². The van der Waals surface area contributed by atoms with E-state index in [1.54, 1.807) is 0 Å². The Morgan fingerprint density at radius 1 is 1.33 bits per heavy atom. The van der Waals surface area contributed by atoms with E-state index in [4.69, 9.17) is 0 Å². The maximum absolute atomic E-state index is 10.8. The lowest BCUT2D eigenvalue weighted by atomic mass is 9.76. The lowest BCUT2D eigenvalue weighted by molar-refractivity contribution is -0.0474. The molecule has 0 aliphatic carbocycles. The molecule has 0 unspecified atom stereocenters. The Labute approximate surface area is 123 Å². The van der Waals surface area contributed by atoms with Crippen LogP contribution in [0.3, 0.4) is 0 Å². The molecule has 2 heterocycles. The van der Waals surface area contributed by atoms with Crippen molar-refractivity contribution in [3.63, 3.8) is 0 Å². The molecule has 0 amide bonds. The molecule has 2 aliphatic heterocycles. The fourth-order valence-electron chi connectivity index (χ4n) is 3.76. The lowest BCUT2D eigenvalue weighted by Crippen LogP contribution is -2.57. The number of rotatable bonds is 1. The Morgan fingerprint density at radius 2 is 2.00 bits per heavy atom. The molecule has 18 heavy (non-hydrogen) atoms. The van der Waals surface area contributed by atoms with Crippen LogP contribution in [0.1, 0.15) is 37.7 Å². The molecule has 2 aliphatic rings. The molecule has 98 valence electrons. The zero-order valence-electron chi connectivity index (χ0n) is 10.9. The molecule has 0 aromatic heterocycles. The summed E-state index contributed by atoms with van der Waals surface area (Å²) in [5.41, 5.74) is 1.27. The highest BCUT2D eigenvalue weighted by atomic mass is 127. The van der Waals surface area contributed by atoms with Crippen LogP contribution in [0.25, 0.3) is 0 Å². The fourth-order valence-corrected chi connectivity index (χ4v) is 4.12. The maximum atomic E-state index is 10.8. The summed E-state index contributed by atoms with van der Waals surface area (Å²) in [5.74, 6) is 0.302. The number of hydrogen-bond donors (Lipinski definition) is 1. The first-order chi connectivity index (χ1) is 8.52. The minimum Gasteiger partial charge on any atom is -0.391 e. The van der Waals surface area contributed by atoms with Crippen LogP contribution in [0.5, 0.6) is 0 Å². The number of fused-ring (bicyclic) bond motifs is 2. The third-order valence-corrected chi connectivity index (χ3v) is 5.90. The Hall–Kier alpha value is -0.130. The Balaban J connectivity index is 1.93. The van der Waals surface area contributed by atoms with Gasteiger partial charge in [0.25, 0.3) is 0 Å². The normalized spacial score (nSPS) is 40.1. The van der Waals surface area contributed by atoms with Gasteiger partial charge in [-0.05, 0) is 73.5 Å². The van der Waals surface area contributed by atoms with E-state index >= 15 is 0 Å². The van der Waals surface area contributed by atoms with Crippen LogP contribution in [0.4, 0.5) is 0 Å². The van der Waals surface area contributed by atoms with Crippen molar-refractivity contribution in [1.29, 1.82) is 0 Å². The van der Waals surface area contributed by atoms with Gasteiger partial charge in [0.2, 0.25) is 0 Å². The summed E-state index contributed by atoms with van der Waals surface area (Å²) in [6.07, 6.45) is 3.19. The molecule has 0 spiro atoms. The molecule has 2 saturated heterocycles. The maximum Gasteiger partial charge on any atom is 0.0790 e. The summed E-state index contributed by atoms with van der Waals surface area (Å²) in [7, 11) is 2.17. The Bertz CT molecular complexity index is 446. The van der Waals surface area contributed by atoms with Crippen LogP contribution in [0.15, 0.2) is 24.3 Å². The van der Waals surface area contributed by atoms with Crippen LogP contribution in [0.2, 0.25) is 0 Å². The smallest absolute Gasteiger partial charge is 0.0790 e. The largest absolute Gasteiger partial charge is 0.391 e. The van der Waals surface area contributed by atoms with Gasteiger partial charge in [-0.25, -0.2) is 0 Å². The predicted molar refractivity (Wildman–Crippen MR) is 81.7 cm³/mol. The van der Waals surface area contributed by atoms with Crippen molar-refractivity contribution < 1.29 is 5.11 Å². The minimum atomic E-state index is -0.249. The van der Waals surface area contributed by atoms with Crippen molar-refractivity contribution >= 4 is 22.6 Å². The third-order valence-electron chi connectivity index (χ3n) is 5.18. The molecule has 1 aromatic carbocycles. The number of aliphatic hydroxyl groups is 1. The summed E-state index contributed by atoms with van der Waals surface area (Å²) in [4.78, 5) is 2.40. The number of nitrogens with zero attached hydrogens (tertiary/aromatic N) is 1. The van der Waals surface area contributed by atoms with Crippen molar-refractivity contribution in [2.75, 3.05) is 7.05 Å². The van der Waals surface area contributed by atoms with Gasteiger partial charge in [-0.15, -0.1) is 0 Å². The van der Waals surface area contributed by atoms with Gasteiger partial charge in [-0.2, -0.15) is 0 Å². The molecule has 3 heteroatoms. The van der Waals surface area contributed by atoms with Crippen LogP contribution in [0, 0.1) is 3.57 Å². The molecule has 3 rings (SSSR count). The lowest BCUT2D eigenvalue weighted by Gasteiger charge is -2.48. The first-order valence-corrected chi connectivity index (χ1v) is 7.77. The topological polar surface area (TPSA) is 23.5 Å². The van der Waals surface area contributed by atoms with E-state index in [9.17, 15) is 5.11 Å². The molecule has 1 N–H and O–H groups in total. The van der Waals surface area contributed by atoms with E-state index in [0.717, 1.165) is 12.8 Å². The van der Waals surface area contributed by atoms with Crippen molar-refractivity contribution in [2.24, 2.45) is 0 Å². The second-order valence-corrected chi connectivity index (χ2v) is 7.24. The van der Waals surface area contributed by atoms with Crippen molar-refractivity contribution in [3.8, 4) is 0 Å². The highest BCUT2D eigenvalue weighted by Gasteiger charge is 2.53. The van der Waals surface area contributed by atoms with E-state index in [1.807, 2.05) is 0 Å². The standard InChI is InChI=1S/C15H20INO/c1-15-8-7-12(17(15)2)9-13(14(15)18)10-3-5-11(16)6-4-10/h3-6,12-14,18H,7-9H2,1-2H3/t12-,13+,14-,15+/m0/s1. The molecule has 0 radical (unpaired) electrons. The highest BCUT2D eigenvalue weighted by Crippen LogP contribution is 2.48. The second-order valence-electron chi connectivity index (χ2n) is 6.00. The molecule has 4 atom stereocenters. The van der Waals surface area contributed by atoms with Crippen LogP contribution in [-0.4, -0.2) is 34.7 Å². The Kier molecular flexibility index (Phi) is 3.19.